The largest absolute Gasteiger partial charge is 0.435 e. The van der Waals surface area contributed by atoms with Gasteiger partial charge in [0.25, 0.3) is 0 Å². The monoisotopic (exact) mass is 408 g/mol. The Balaban J connectivity index is 1.81. The molecule has 156 valence electrons. The molecule has 3 heteroatoms. The summed E-state index contributed by atoms with van der Waals surface area (Å²) in [5, 5.41) is 0. The first-order valence-corrected chi connectivity index (χ1v) is 10.8. The summed E-state index contributed by atoms with van der Waals surface area (Å²) in [5.74, 6) is 2.03. The average molecular weight is 409 g/mol. The van der Waals surface area contributed by atoms with Crippen molar-refractivity contribution in [3.8, 4) is 22.6 Å². The number of nitrogens with zero attached hydrogens (tertiary/aromatic N) is 2. The van der Waals surface area contributed by atoms with Gasteiger partial charge < -0.3 is 4.42 Å². The van der Waals surface area contributed by atoms with Crippen LogP contribution in [-0.2, 0) is 0 Å². The Morgan fingerprint density at radius 2 is 1.26 bits per heavy atom. The molecule has 1 heterocycles. The molecule has 31 heavy (non-hydrogen) atoms. The number of hydrogen-bond donors (Lipinski definition) is 0. The van der Waals surface area contributed by atoms with Gasteiger partial charge >= 0.3 is 0 Å². The second kappa shape index (κ2) is 9.13. The summed E-state index contributed by atoms with van der Waals surface area (Å²) in [6, 6.07) is 26.7. The van der Waals surface area contributed by atoms with E-state index in [1.54, 1.807) is 6.21 Å². The normalized spacial score (nSPS) is 11.7. The van der Waals surface area contributed by atoms with E-state index in [-0.39, 0.29) is 0 Å². The first-order chi connectivity index (χ1) is 15.0. The van der Waals surface area contributed by atoms with Crippen molar-refractivity contribution >= 4 is 11.9 Å². The van der Waals surface area contributed by atoms with Crippen molar-refractivity contribution in [1.29, 1.82) is 0 Å². The van der Waals surface area contributed by atoms with E-state index in [1.807, 2.05) is 48.5 Å². The van der Waals surface area contributed by atoms with Crippen LogP contribution in [0.25, 0.3) is 22.6 Å². The van der Waals surface area contributed by atoms with Gasteiger partial charge in [-0.05, 0) is 23.0 Å². The number of hydrogen-bond acceptors (Lipinski definition) is 3. The van der Waals surface area contributed by atoms with Gasteiger partial charge in [-0.1, -0.05) is 107 Å². The highest BCUT2D eigenvalue weighted by Crippen LogP contribution is 2.35. The van der Waals surface area contributed by atoms with Crippen LogP contribution in [0.1, 0.15) is 56.5 Å². The van der Waals surface area contributed by atoms with E-state index in [1.165, 1.54) is 11.1 Å². The van der Waals surface area contributed by atoms with E-state index in [9.17, 15) is 0 Å². The number of para-hydroxylation sites is 1. The van der Waals surface area contributed by atoms with E-state index < -0.39 is 0 Å². The summed E-state index contributed by atoms with van der Waals surface area (Å²) < 4.78 is 6.22. The van der Waals surface area contributed by atoms with Crippen molar-refractivity contribution in [2.75, 3.05) is 0 Å². The molecule has 1 aromatic heterocycles. The second-order valence-electron chi connectivity index (χ2n) is 8.31. The zero-order valence-corrected chi connectivity index (χ0v) is 18.5. The predicted molar refractivity (Wildman–Crippen MR) is 129 cm³/mol. The zero-order valence-electron chi connectivity index (χ0n) is 18.5. The van der Waals surface area contributed by atoms with Crippen molar-refractivity contribution < 1.29 is 4.42 Å². The van der Waals surface area contributed by atoms with Crippen LogP contribution in [0.4, 0.5) is 5.69 Å². The van der Waals surface area contributed by atoms with Gasteiger partial charge in [0.1, 0.15) is 5.69 Å². The van der Waals surface area contributed by atoms with Crippen LogP contribution < -0.4 is 0 Å². The minimum atomic E-state index is 0.384. The average Bonchev–Trinajstić information content (AvgIpc) is 3.23. The highest BCUT2D eigenvalue weighted by atomic mass is 16.4. The molecule has 3 aromatic carbocycles. The lowest BCUT2D eigenvalue weighted by Gasteiger charge is -2.15. The van der Waals surface area contributed by atoms with Crippen LogP contribution >= 0.6 is 0 Å². The molecule has 4 rings (SSSR count). The highest BCUT2D eigenvalue weighted by Gasteiger charge is 2.17. The fourth-order valence-corrected chi connectivity index (χ4v) is 3.75. The van der Waals surface area contributed by atoms with Gasteiger partial charge in [0.2, 0.25) is 5.89 Å². The second-order valence-corrected chi connectivity index (χ2v) is 8.31. The molecular formula is C28H28N2O. The Bertz CT molecular complexity index is 1090. The third-order valence-electron chi connectivity index (χ3n) is 5.37. The van der Waals surface area contributed by atoms with Crippen LogP contribution in [0.2, 0.25) is 0 Å². The van der Waals surface area contributed by atoms with Crippen molar-refractivity contribution in [2.24, 2.45) is 4.99 Å². The summed E-state index contributed by atoms with van der Waals surface area (Å²) in [5.41, 5.74) is 6.35. The van der Waals surface area contributed by atoms with Gasteiger partial charge in [-0.2, -0.15) is 0 Å². The maximum Gasteiger partial charge on any atom is 0.238 e. The maximum atomic E-state index is 6.22. The molecule has 0 spiro atoms. The molecular weight excluding hydrogens is 380 g/mol. The molecule has 0 amide bonds. The Labute approximate surface area is 184 Å². The summed E-state index contributed by atoms with van der Waals surface area (Å²) in [4.78, 5) is 9.68. The van der Waals surface area contributed by atoms with Crippen LogP contribution in [0.5, 0.6) is 0 Å². The predicted octanol–water partition coefficient (Wildman–Crippen LogP) is 8.01. The minimum Gasteiger partial charge on any atom is -0.435 e. The Morgan fingerprint density at radius 1 is 0.710 bits per heavy atom. The fraction of sp³-hybridized carbons (Fsp3) is 0.214. The van der Waals surface area contributed by atoms with E-state index in [0.29, 0.717) is 17.7 Å². The molecule has 0 bridgehead atoms. The molecule has 0 saturated carbocycles. The van der Waals surface area contributed by atoms with Crippen LogP contribution in [0.3, 0.4) is 0 Å². The van der Waals surface area contributed by atoms with E-state index in [0.717, 1.165) is 28.3 Å². The van der Waals surface area contributed by atoms with Gasteiger partial charge in [-0.3, -0.25) is 4.99 Å². The summed E-state index contributed by atoms with van der Waals surface area (Å²) in [6.07, 6.45) is 1.76. The molecule has 4 aromatic rings. The lowest BCUT2D eigenvalue weighted by atomic mass is 9.93. The van der Waals surface area contributed by atoms with Gasteiger partial charge in [0, 0.05) is 11.1 Å². The molecule has 0 unspecified atom stereocenters. The number of aliphatic imine (C=N–C) groups is 1. The standard InChI is InChI=1S/C28H28N2O/c1-19(2)23-16-11-17-24(20(3)4)27(23)29-18-25-30-26(21-12-7-5-8-13-21)28(31-25)22-14-9-6-10-15-22/h5-20H,1-4H3/b29-18+. The Morgan fingerprint density at radius 3 is 1.81 bits per heavy atom. The first kappa shape index (κ1) is 20.8. The van der Waals surface area contributed by atoms with Gasteiger partial charge in [0.15, 0.2) is 5.76 Å². The zero-order chi connectivity index (χ0) is 21.8. The van der Waals surface area contributed by atoms with Crippen molar-refractivity contribution in [2.45, 2.75) is 39.5 Å². The summed E-state index contributed by atoms with van der Waals surface area (Å²) in [7, 11) is 0. The maximum absolute atomic E-state index is 6.22. The lowest BCUT2D eigenvalue weighted by molar-refractivity contribution is 0.564. The molecule has 0 N–H and O–H groups in total. The molecule has 0 radical (unpaired) electrons. The van der Waals surface area contributed by atoms with Gasteiger partial charge in [0.05, 0.1) is 11.9 Å². The third kappa shape index (κ3) is 4.51. The van der Waals surface area contributed by atoms with Crippen LogP contribution in [0, 0.1) is 0 Å². The molecule has 0 saturated heterocycles. The van der Waals surface area contributed by atoms with Gasteiger partial charge in [-0.15, -0.1) is 0 Å². The quantitative estimate of drug-likeness (QED) is 0.303. The molecule has 0 fully saturated rings. The molecule has 0 atom stereocenters. The smallest absolute Gasteiger partial charge is 0.238 e. The SMILES string of the molecule is CC(C)c1cccc(C(C)C)c1/N=C/c1nc(-c2ccccc2)c(-c2ccccc2)o1. The molecule has 0 aliphatic rings. The summed E-state index contributed by atoms with van der Waals surface area (Å²) >= 11 is 0. The van der Waals surface area contributed by atoms with E-state index in [4.69, 9.17) is 14.4 Å². The first-order valence-electron chi connectivity index (χ1n) is 10.8. The number of rotatable bonds is 6. The van der Waals surface area contributed by atoms with Crippen LogP contribution in [0.15, 0.2) is 88.3 Å². The summed E-state index contributed by atoms with van der Waals surface area (Å²) in [6.45, 7) is 8.80. The Hall–Kier alpha value is -3.46. The highest BCUT2D eigenvalue weighted by molar-refractivity contribution is 5.83. The topological polar surface area (TPSA) is 38.4 Å². The molecule has 0 aliphatic carbocycles. The van der Waals surface area contributed by atoms with E-state index >= 15 is 0 Å². The van der Waals surface area contributed by atoms with Crippen molar-refractivity contribution in [3.05, 3.63) is 95.9 Å². The number of benzene rings is 3. The molecule has 3 nitrogen and oxygen atoms in total. The van der Waals surface area contributed by atoms with Crippen molar-refractivity contribution in [3.63, 3.8) is 0 Å². The van der Waals surface area contributed by atoms with Crippen LogP contribution in [-0.4, -0.2) is 11.2 Å². The number of aromatic nitrogens is 1. The Kier molecular flexibility index (Phi) is 6.13. The fourth-order valence-electron chi connectivity index (χ4n) is 3.75. The minimum absolute atomic E-state index is 0.384. The number of oxazole rings is 1. The van der Waals surface area contributed by atoms with E-state index in [2.05, 4.69) is 58.0 Å². The molecule has 0 aliphatic heterocycles. The lowest BCUT2D eigenvalue weighted by Crippen LogP contribution is -1.95. The van der Waals surface area contributed by atoms with Gasteiger partial charge in [-0.25, -0.2) is 4.98 Å². The third-order valence-corrected chi connectivity index (χ3v) is 5.37. The van der Waals surface area contributed by atoms with Crippen molar-refractivity contribution in [1.82, 2.24) is 4.98 Å².